The minimum Gasteiger partial charge on any atom is -0.403 e. The molecule has 1 saturated heterocycles. The Bertz CT molecular complexity index is 1160. The minimum atomic E-state index is -2.05. The summed E-state index contributed by atoms with van der Waals surface area (Å²) in [5, 5.41) is 12.9. The van der Waals surface area contributed by atoms with Crippen LogP contribution in [0.4, 0.5) is 0 Å². The van der Waals surface area contributed by atoms with E-state index < -0.39 is 13.9 Å². The van der Waals surface area contributed by atoms with Crippen molar-refractivity contribution in [3.8, 4) is 0 Å². The molecule has 0 amide bonds. The molecule has 2 aliphatic rings. The highest BCUT2D eigenvalue weighted by atomic mass is 28.4. The molecule has 0 aromatic heterocycles. The largest absolute Gasteiger partial charge is 0.403 e. The molecule has 0 spiro atoms. The summed E-state index contributed by atoms with van der Waals surface area (Å²) in [6.07, 6.45) is 3.28. The van der Waals surface area contributed by atoms with Gasteiger partial charge in [-0.05, 0) is 55.7 Å². The highest BCUT2D eigenvalue weighted by Crippen LogP contribution is 2.47. The van der Waals surface area contributed by atoms with Crippen molar-refractivity contribution in [3.63, 3.8) is 0 Å². The van der Waals surface area contributed by atoms with E-state index in [-0.39, 0.29) is 24.1 Å². The zero-order valence-corrected chi connectivity index (χ0v) is 23.3. The van der Waals surface area contributed by atoms with Gasteiger partial charge in [0.2, 0.25) is 6.21 Å². The normalized spacial score (nSPS) is 24.9. The van der Waals surface area contributed by atoms with Crippen molar-refractivity contribution >= 4 is 14.5 Å². The van der Waals surface area contributed by atoms with Crippen LogP contribution in [0, 0.1) is 11.1 Å². The van der Waals surface area contributed by atoms with E-state index in [1.54, 1.807) is 6.21 Å². The smallest absolute Gasteiger partial charge is 0.217 e. The van der Waals surface area contributed by atoms with E-state index in [4.69, 9.17) is 9.26 Å². The summed E-state index contributed by atoms with van der Waals surface area (Å²) in [6.45, 7) is 9.82. The van der Waals surface area contributed by atoms with Gasteiger partial charge in [-0.2, -0.15) is 0 Å². The molecule has 1 unspecified atom stereocenters. The minimum absolute atomic E-state index is 0.0133. The van der Waals surface area contributed by atoms with Gasteiger partial charge in [0.15, 0.2) is 8.32 Å². The van der Waals surface area contributed by atoms with E-state index in [9.17, 15) is 5.21 Å². The molecule has 1 fully saturated rings. The zero-order valence-electron chi connectivity index (χ0n) is 22.3. The summed E-state index contributed by atoms with van der Waals surface area (Å²) in [6, 6.07) is 31.6. The SMILES string of the molecule is C[C@H]1C(N2CCC[C@H]2C(O[Si](C)(C)C)(c2ccccc2)c2ccccc2)O[N+]([O-])=C[C@@H]1c1ccccc1. The molecule has 2 aliphatic heterocycles. The van der Waals surface area contributed by atoms with E-state index >= 15 is 0 Å². The summed E-state index contributed by atoms with van der Waals surface area (Å²) in [4.78, 5) is 9.17. The molecular weight excluding hydrogens is 476 g/mol. The first-order valence-corrected chi connectivity index (χ1v) is 16.8. The van der Waals surface area contributed by atoms with E-state index in [0.29, 0.717) is 4.90 Å². The molecule has 37 heavy (non-hydrogen) atoms. The fraction of sp³-hybridized carbons (Fsp3) is 0.387. The number of likely N-dealkylation sites (tertiary alicyclic amines) is 1. The molecule has 194 valence electrons. The van der Waals surface area contributed by atoms with Gasteiger partial charge in [0.25, 0.3) is 0 Å². The van der Waals surface area contributed by atoms with Gasteiger partial charge in [-0.25, -0.2) is 0 Å². The van der Waals surface area contributed by atoms with Gasteiger partial charge in [0.05, 0.1) is 5.92 Å². The number of hydrogen-bond donors (Lipinski definition) is 0. The van der Waals surface area contributed by atoms with Crippen LogP contribution in [-0.4, -0.2) is 43.1 Å². The molecule has 0 radical (unpaired) electrons. The number of hydrogen-bond acceptors (Lipinski definition) is 4. The Hall–Kier alpha value is -2.93. The average molecular weight is 515 g/mol. The van der Waals surface area contributed by atoms with Gasteiger partial charge in [0.1, 0.15) is 11.8 Å². The Morgan fingerprint density at radius 1 is 0.892 bits per heavy atom. The molecule has 2 heterocycles. The van der Waals surface area contributed by atoms with Crippen LogP contribution in [-0.2, 0) is 14.9 Å². The third-order valence-electron chi connectivity index (χ3n) is 7.66. The number of benzene rings is 3. The maximum absolute atomic E-state index is 12.9. The Kier molecular flexibility index (Phi) is 7.25. The Labute approximate surface area is 222 Å². The number of rotatable bonds is 7. The maximum atomic E-state index is 12.9. The van der Waals surface area contributed by atoms with E-state index in [2.05, 4.69) is 104 Å². The van der Waals surface area contributed by atoms with Crippen LogP contribution in [0.5, 0.6) is 0 Å². The van der Waals surface area contributed by atoms with Crippen LogP contribution in [0.2, 0.25) is 19.6 Å². The van der Waals surface area contributed by atoms with Crippen LogP contribution in [0.15, 0.2) is 91.0 Å². The zero-order chi connectivity index (χ0) is 26.0. The maximum Gasteiger partial charge on any atom is 0.217 e. The molecule has 5 rings (SSSR count). The molecule has 4 atom stereocenters. The monoisotopic (exact) mass is 514 g/mol. The highest BCUT2D eigenvalue weighted by molar-refractivity contribution is 6.69. The lowest BCUT2D eigenvalue weighted by atomic mass is 9.78. The predicted octanol–water partition coefficient (Wildman–Crippen LogP) is 6.52. The van der Waals surface area contributed by atoms with Crippen molar-refractivity contribution in [3.05, 3.63) is 113 Å². The van der Waals surface area contributed by atoms with Crippen LogP contribution in [0.1, 0.15) is 42.4 Å². The van der Waals surface area contributed by atoms with Crippen LogP contribution >= 0.6 is 0 Å². The second kappa shape index (κ2) is 10.4. The standard InChI is InChI=1S/C31H38N2O3Si/c1-24-28(25-15-8-5-9-16-25)23-33(34)35-30(24)32-22-14-21-29(32)31(36-37(2,3)4,26-17-10-6-11-18-26)27-19-12-7-13-20-27/h5-13,15-20,23-24,28-30H,14,21-22H2,1-4H3/t24-,28+,29+,30?/m1/s1. The van der Waals surface area contributed by atoms with E-state index in [1.165, 1.54) is 0 Å². The van der Waals surface area contributed by atoms with Crippen molar-refractivity contribution in [2.24, 2.45) is 5.92 Å². The second-order valence-corrected chi connectivity index (χ2v) is 15.7. The van der Waals surface area contributed by atoms with Crippen molar-refractivity contribution in [1.82, 2.24) is 4.90 Å². The number of nitrogens with zero attached hydrogens (tertiary/aromatic N) is 2. The summed E-state index contributed by atoms with van der Waals surface area (Å²) < 4.78 is 7.32. The summed E-state index contributed by atoms with van der Waals surface area (Å²) >= 11 is 0. The summed E-state index contributed by atoms with van der Waals surface area (Å²) in [7, 11) is -2.05. The molecule has 3 aromatic rings. The van der Waals surface area contributed by atoms with Crippen LogP contribution in [0.3, 0.4) is 0 Å². The van der Waals surface area contributed by atoms with Gasteiger partial charge in [-0.3, -0.25) is 10.1 Å². The van der Waals surface area contributed by atoms with Gasteiger partial charge in [-0.1, -0.05) is 97.9 Å². The topological polar surface area (TPSA) is 47.8 Å². The van der Waals surface area contributed by atoms with Crippen molar-refractivity contribution in [1.29, 1.82) is 0 Å². The molecule has 5 nitrogen and oxygen atoms in total. The molecule has 6 heteroatoms. The lowest BCUT2D eigenvalue weighted by Crippen LogP contribution is -2.59. The quantitative estimate of drug-likeness (QED) is 0.266. The highest BCUT2D eigenvalue weighted by Gasteiger charge is 2.53. The first kappa shape index (κ1) is 25.7. The van der Waals surface area contributed by atoms with Crippen LogP contribution < -0.4 is 0 Å². The fourth-order valence-electron chi connectivity index (χ4n) is 6.23. The van der Waals surface area contributed by atoms with Crippen molar-refractivity contribution in [2.45, 2.75) is 63.2 Å². The molecule has 0 saturated carbocycles. The Morgan fingerprint density at radius 3 is 1.97 bits per heavy atom. The molecule has 0 bridgehead atoms. The lowest BCUT2D eigenvalue weighted by Gasteiger charge is -2.50. The van der Waals surface area contributed by atoms with E-state index in [1.807, 2.05) is 18.2 Å². The molecule has 0 N–H and O–H groups in total. The Balaban J connectivity index is 1.62. The fourth-order valence-corrected chi connectivity index (χ4v) is 7.57. The second-order valence-electron chi connectivity index (χ2n) is 11.3. The van der Waals surface area contributed by atoms with E-state index in [0.717, 1.165) is 36.1 Å². The van der Waals surface area contributed by atoms with Crippen molar-refractivity contribution in [2.75, 3.05) is 6.54 Å². The molecule has 3 aromatic carbocycles. The molecule has 0 aliphatic carbocycles. The third-order valence-corrected chi connectivity index (χ3v) is 8.59. The first-order chi connectivity index (χ1) is 17.8. The lowest BCUT2D eigenvalue weighted by molar-refractivity contribution is -0.765. The van der Waals surface area contributed by atoms with Crippen molar-refractivity contribution < 1.29 is 14.2 Å². The van der Waals surface area contributed by atoms with Gasteiger partial charge in [-0.15, -0.1) is 0 Å². The first-order valence-electron chi connectivity index (χ1n) is 13.4. The summed E-state index contributed by atoms with van der Waals surface area (Å²) in [5.74, 6) is 0.0591. The van der Waals surface area contributed by atoms with Gasteiger partial charge >= 0.3 is 0 Å². The van der Waals surface area contributed by atoms with Gasteiger partial charge in [0, 0.05) is 16.9 Å². The predicted molar refractivity (Wildman–Crippen MR) is 151 cm³/mol. The van der Waals surface area contributed by atoms with Gasteiger partial charge < -0.3 is 9.26 Å². The average Bonchev–Trinajstić information content (AvgIpc) is 3.39. The third kappa shape index (κ3) is 5.11. The van der Waals surface area contributed by atoms with Crippen LogP contribution in [0.25, 0.3) is 0 Å². The summed E-state index contributed by atoms with van der Waals surface area (Å²) in [5.41, 5.74) is 2.75. The molecular formula is C31H38N2O3Si. The Morgan fingerprint density at radius 2 is 1.43 bits per heavy atom.